The Labute approximate surface area is 315 Å². The summed E-state index contributed by atoms with van der Waals surface area (Å²) in [6.07, 6.45) is 5.74. The highest BCUT2D eigenvalue weighted by molar-refractivity contribution is 6.06. The molecule has 54 heavy (non-hydrogen) atoms. The summed E-state index contributed by atoms with van der Waals surface area (Å²) in [5, 5.41) is 2.29. The summed E-state index contributed by atoms with van der Waals surface area (Å²) in [6.45, 7) is 0. The molecule has 8 aromatic rings. The van der Waals surface area contributed by atoms with Crippen LogP contribution in [0.15, 0.2) is 168 Å². The molecule has 0 radical (unpaired) electrons. The highest BCUT2D eigenvalue weighted by atomic mass is 16.3. The van der Waals surface area contributed by atoms with E-state index < -0.39 is 0 Å². The van der Waals surface area contributed by atoms with Crippen molar-refractivity contribution >= 4 is 39.0 Å². The zero-order valence-electron chi connectivity index (χ0n) is 30.1. The van der Waals surface area contributed by atoms with Crippen molar-refractivity contribution in [1.82, 2.24) is 0 Å². The largest absolute Gasteiger partial charge is 0.456 e. The monoisotopic (exact) mass is 693 g/mol. The summed E-state index contributed by atoms with van der Waals surface area (Å²) in [4.78, 5) is 2.46. The van der Waals surface area contributed by atoms with E-state index in [4.69, 9.17) is 4.42 Å². The number of furan rings is 1. The highest BCUT2D eigenvalue weighted by Crippen LogP contribution is 2.88. The van der Waals surface area contributed by atoms with Crippen molar-refractivity contribution in [3.05, 3.63) is 175 Å². The van der Waals surface area contributed by atoms with E-state index in [1.54, 1.807) is 11.1 Å². The minimum atomic E-state index is 0.141. The van der Waals surface area contributed by atoms with Crippen LogP contribution in [0.3, 0.4) is 0 Å². The van der Waals surface area contributed by atoms with Crippen LogP contribution in [-0.2, 0) is 5.41 Å². The second-order valence-electron chi connectivity index (χ2n) is 16.9. The summed E-state index contributed by atoms with van der Waals surface area (Å²) in [5.74, 6) is 3.46. The van der Waals surface area contributed by atoms with Crippen molar-refractivity contribution in [3.8, 4) is 33.4 Å². The van der Waals surface area contributed by atoms with Gasteiger partial charge in [0.25, 0.3) is 0 Å². The second-order valence-corrected chi connectivity index (χ2v) is 16.9. The lowest BCUT2D eigenvalue weighted by atomic mass is 9.34. The average Bonchev–Trinajstić information content (AvgIpc) is 3.94. The lowest BCUT2D eigenvalue weighted by molar-refractivity contribution is -0.193. The van der Waals surface area contributed by atoms with Gasteiger partial charge in [-0.3, -0.25) is 0 Å². The number of para-hydroxylation sites is 1. The van der Waals surface area contributed by atoms with E-state index >= 15 is 0 Å². The number of hydrogen-bond acceptors (Lipinski definition) is 2. The van der Waals surface area contributed by atoms with E-state index in [0.717, 1.165) is 57.0 Å². The molecular formula is C52H39NO. The third-order valence-electron chi connectivity index (χ3n) is 15.0. The van der Waals surface area contributed by atoms with Gasteiger partial charge in [-0.25, -0.2) is 0 Å². The Kier molecular flexibility index (Phi) is 5.71. The predicted molar refractivity (Wildman–Crippen MR) is 220 cm³/mol. The van der Waals surface area contributed by atoms with Crippen LogP contribution in [0.2, 0.25) is 0 Å². The van der Waals surface area contributed by atoms with Gasteiger partial charge in [0.05, 0.1) is 0 Å². The van der Waals surface area contributed by atoms with Gasteiger partial charge >= 0.3 is 0 Å². The first-order valence-electron chi connectivity index (χ1n) is 19.9. The standard InChI is InChI=1S/C52H39NO/c1-3-9-32(10-4-1)34-15-18-39(19-16-34)53(41-21-24-49-45(30-41)42-13-7-8-14-48(42)54-49)40-20-23-47-44(29-40)43-25-35(33-11-5-2-6-12-33)17-22-46(43)52(47)38-27-36-26-37-28-50(52)51(36,37)31-38/h1-25,29-30,36-38,50H,26-28,31H2. The van der Waals surface area contributed by atoms with Gasteiger partial charge in [0.1, 0.15) is 11.2 Å². The fourth-order valence-electron chi connectivity index (χ4n) is 13.0. The number of anilines is 3. The first kappa shape index (κ1) is 29.6. The van der Waals surface area contributed by atoms with Crippen molar-refractivity contribution in [1.29, 1.82) is 0 Å². The van der Waals surface area contributed by atoms with Gasteiger partial charge in [-0.05, 0) is 154 Å². The SMILES string of the molecule is c1ccc(-c2ccc(N(c3ccc4c(c3)-c3cc(-c5ccccc5)ccc3C43C4CC5CC6CC3C56C4)c3ccc4oc5ccccc5c4c3)cc2)cc1. The molecule has 5 aliphatic rings. The molecule has 2 nitrogen and oxygen atoms in total. The number of hydrogen-bond donors (Lipinski definition) is 0. The maximum absolute atomic E-state index is 6.30. The van der Waals surface area contributed by atoms with E-state index in [9.17, 15) is 0 Å². The molecule has 4 fully saturated rings. The van der Waals surface area contributed by atoms with Gasteiger partial charge in [0.15, 0.2) is 0 Å². The van der Waals surface area contributed by atoms with Gasteiger partial charge in [0.2, 0.25) is 0 Å². The van der Waals surface area contributed by atoms with Crippen molar-refractivity contribution in [3.63, 3.8) is 0 Å². The molecule has 13 rings (SSSR count). The number of rotatable bonds is 5. The molecule has 1 aromatic heterocycles. The van der Waals surface area contributed by atoms with Gasteiger partial charge in [0, 0.05) is 33.2 Å². The van der Waals surface area contributed by atoms with Gasteiger partial charge in [-0.2, -0.15) is 0 Å². The van der Waals surface area contributed by atoms with Gasteiger partial charge in [-0.1, -0.05) is 109 Å². The number of nitrogens with zero attached hydrogens (tertiary/aromatic N) is 1. The van der Waals surface area contributed by atoms with Crippen LogP contribution in [0, 0.1) is 29.1 Å². The maximum atomic E-state index is 6.30. The van der Waals surface area contributed by atoms with Crippen LogP contribution < -0.4 is 4.90 Å². The Morgan fingerprint density at radius 2 is 1.02 bits per heavy atom. The van der Waals surface area contributed by atoms with Crippen molar-refractivity contribution in [2.75, 3.05) is 4.90 Å². The molecule has 0 saturated heterocycles. The molecule has 0 amide bonds. The van der Waals surface area contributed by atoms with Crippen molar-refractivity contribution < 1.29 is 4.42 Å². The van der Waals surface area contributed by atoms with E-state index in [1.807, 2.05) is 0 Å². The van der Waals surface area contributed by atoms with E-state index in [-0.39, 0.29) is 5.41 Å². The average molecular weight is 694 g/mol. The molecule has 2 spiro atoms. The highest BCUT2D eigenvalue weighted by Gasteiger charge is 2.82. The first-order chi connectivity index (χ1) is 26.7. The molecule has 7 aromatic carbocycles. The number of benzene rings is 7. The van der Waals surface area contributed by atoms with Crippen LogP contribution >= 0.6 is 0 Å². The maximum Gasteiger partial charge on any atom is 0.135 e. The molecule has 2 heteroatoms. The molecule has 2 bridgehead atoms. The quantitative estimate of drug-likeness (QED) is 0.178. The van der Waals surface area contributed by atoms with Gasteiger partial charge in [-0.15, -0.1) is 0 Å². The van der Waals surface area contributed by atoms with Crippen LogP contribution in [0.4, 0.5) is 17.1 Å². The normalized spacial score (nSPS) is 26.4. The Balaban J connectivity index is 1.02. The molecule has 4 saturated carbocycles. The summed E-state index contributed by atoms with van der Waals surface area (Å²) in [5.41, 5.74) is 17.2. The molecule has 5 aliphatic carbocycles. The zero-order chi connectivity index (χ0) is 35.2. The van der Waals surface area contributed by atoms with Gasteiger partial charge < -0.3 is 9.32 Å². The molecule has 6 unspecified atom stereocenters. The summed E-state index contributed by atoms with van der Waals surface area (Å²) >= 11 is 0. The second kappa shape index (κ2) is 10.4. The van der Waals surface area contributed by atoms with Crippen LogP contribution in [-0.4, -0.2) is 0 Å². The molecule has 0 N–H and O–H groups in total. The molecule has 6 atom stereocenters. The number of fused-ring (bicyclic) bond motifs is 11. The summed E-state index contributed by atoms with van der Waals surface area (Å²) < 4.78 is 6.30. The Bertz CT molecular complexity index is 2820. The van der Waals surface area contributed by atoms with Crippen LogP contribution in [0.1, 0.15) is 36.8 Å². The minimum absolute atomic E-state index is 0.141. The summed E-state index contributed by atoms with van der Waals surface area (Å²) in [7, 11) is 0. The molecule has 258 valence electrons. The first-order valence-corrected chi connectivity index (χ1v) is 19.9. The van der Waals surface area contributed by atoms with Crippen molar-refractivity contribution in [2.24, 2.45) is 29.1 Å². The fraction of sp³-hybridized carbons (Fsp3) is 0.192. The molecule has 0 aliphatic heterocycles. The van der Waals surface area contributed by atoms with Crippen LogP contribution in [0.25, 0.3) is 55.3 Å². The summed E-state index contributed by atoms with van der Waals surface area (Å²) in [6, 6.07) is 60.9. The Morgan fingerprint density at radius 1 is 0.444 bits per heavy atom. The molecular weight excluding hydrogens is 655 g/mol. The smallest absolute Gasteiger partial charge is 0.135 e. The molecule has 1 heterocycles. The Hall–Kier alpha value is -5.86. The topological polar surface area (TPSA) is 16.4 Å². The zero-order valence-corrected chi connectivity index (χ0v) is 30.1. The minimum Gasteiger partial charge on any atom is -0.456 e. The lowest BCUT2D eigenvalue weighted by Gasteiger charge is -2.70. The van der Waals surface area contributed by atoms with Crippen molar-refractivity contribution in [2.45, 2.75) is 31.1 Å². The van der Waals surface area contributed by atoms with E-state index in [1.165, 1.54) is 64.8 Å². The lowest BCUT2D eigenvalue weighted by Crippen LogP contribution is -2.65. The van der Waals surface area contributed by atoms with E-state index in [2.05, 4.69) is 169 Å². The van der Waals surface area contributed by atoms with Crippen LogP contribution in [0.5, 0.6) is 0 Å². The fourth-order valence-corrected chi connectivity index (χ4v) is 13.0. The third-order valence-corrected chi connectivity index (χ3v) is 15.0. The van der Waals surface area contributed by atoms with E-state index in [0.29, 0.717) is 5.41 Å². The predicted octanol–water partition coefficient (Wildman–Crippen LogP) is 13.7. The third kappa shape index (κ3) is 3.62. The Morgan fingerprint density at radius 3 is 1.80 bits per heavy atom.